The molecule has 0 aliphatic rings. The fourth-order valence-corrected chi connectivity index (χ4v) is 0.926. The minimum absolute atomic E-state index is 0.419. The van der Waals surface area contributed by atoms with Crippen LogP contribution in [0.4, 0.5) is 0 Å². The topological polar surface area (TPSA) is 20.2 Å². The average molecular weight is 164 g/mol. The third-order valence-electron chi connectivity index (χ3n) is 1.45. The summed E-state index contributed by atoms with van der Waals surface area (Å²) in [4.78, 5) is 0. The van der Waals surface area contributed by atoms with E-state index in [-0.39, 0.29) is 0 Å². The van der Waals surface area contributed by atoms with E-state index in [9.17, 15) is 5.11 Å². The lowest BCUT2D eigenvalue weighted by molar-refractivity contribution is 0.178. The Balaban J connectivity index is 3.02. The molecule has 0 aliphatic carbocycles. The van der Waals surface area contributed by atoms with E-state index in [2.05, 4.69) is 6.58 Å². The Kier molecular flexibility index (Phi) is 2.19. The number of hydrogen-bond donors (Lipinski definition) is 1. The maximum absolute atomic E-state index is 9.84. The summed E-state index contributed by atoms with van der Waals surface area (Å²) in [6, 6.07) is 8.55. The summed E-state index contributed by atoms with van der Waals surface area (Å²) in [6.07, 6.45) is -2.93. The first-order chi connectivity index (χ1) is 6.46. The largest absolute Gasteiger partial charge is 0.388 e. The fraction of sp³-hybridized carbons (Fsp3) is 0.273. The summed E-state index contributed by atoms with van der Waals surface area (Å²) in [7, 11) is 0. The van der Waals surface area contributed by atoms with Gasteiger partial charge in [0, 0.05) is 1.37 Å². The van der Waals surface area contributed by atoms with Gasteiger partial charge in [-0.2, -0.15) is 0 Å². The van der Waals surface area contributed by atoms with Crippen molar-refractivity contribution < 1.29 is 7.85 Å². The Morgan fingerprint density at radius 2 is 2.25 bits per heavy atom. The van der Waals surface area contributed by atoms with Gasteiger partial charge in [-0.25, -0.2) is 0 Å². The third kappa shape index (κ3) is 2.51. The SMILES string of the molecule is [2H]C(C(=C)C)C([2H])(O)c1ccccc1. The van der Waals surface area contributed by atoms with Crippen molar-refractivity contribution in [3.63, 3.8) is 0 Å². The smallest absolute Gasteiger partial charge is 0.0826 e. The van der Waals surface area contributed by atoms with Crippen LogP contribution in [0.3, 0.4) is 0 Å². The number of benzene rings is 1. The molecular weight excluding hydrogens is 148 g/mol. The highest BCUT2D eigenvalue weighted by Crippen LogP contribution is 2.18. The molecule has 0 bridgehead atoms. The van der Waals surface area contributed by atoms with Crippen LogP contribution in [-0.2, 0) is 0 Å². The molecule has 2 atom stereocenters. The van der Waals surface area contributed by atoms with E-state index in [1.807, 2.05) is 0 Å². The summed E-state index contributed by atoms with van der Waals surface area (Å²) >= 11 is 0. The van der Waals surface area contributed by atoms with Gasteiger partial charge < -0.3 is 5.11 Å². The molecule has 64 valence electrons. The standard InChI is InChI=1S/C11H14O/c1-9(2)8-11(12)10-6-4-3-5-7-10/h3-7,11-12H,1,8H2,2H3/i8D,11D. The van der Waals surface area contributed by atoms with Crippen LogP contribution in [0.15, 0.2) is 42.5 Å². The van der Waals surface area contributed by atoms with Gasteiger partial charge in [0.1, 0.15) is 0 Å². The first-order valence-electron chi connectivity index (χ1n) is 4.89. The van der Waals surface area contributed by atoms with Gasteiger partial charge in [0.25, 0.3) is 0 Å². The van der Waals surface area contributed by atoms with Crippen LogP contribution in [-0.4, -0.2) is 5.11 Å². The lowest BCUT2D eigenvalue weighted by Gasteiger charge is -2.09. The quantitative estimate of drug-likeness (QED) is 0.681. The van der Waals surface area contributed by atoms with Crippen LogP contribution in [0.1, 0.15) is 27.7 Å². The predicted molar refractivity (Wildman–Crippen MR) is 50.8 cm³/mol. The van der Waals surface area contributed by atoms with Crippen molar-refractivity contribution >= 4 is 0 Å². The van der Waals surface area contributed by atoms with Crippen LogP contribution in [0.2, 0.25) is 0 Å². The Hall–Kier alpha value is -1.08. The van der Waals surface area contributed by atoms with Gasteiger partial charge in [0.2, 0.25) is 0 Å². The molecule has 0 saturated carbocycles. The fourth-order valence-electron chi connectivity index (χ4n) is 0.926. The molecule has 0 heterocycles. The zero-order chi connectivity index (χ0) is 10.8. The number of aliphatic hydroxyl groups is 1. The van der Waals surface area contributed by atoms with E-state index in [4.69, 9.17) is 2.74 Å². The molecular formula is C11H14O. The van der Waals surface area contributed by atoms with Crippen molar-refractivity contribution in [1.82, 2.24) is 0 Å². The van der Waals surface area contributed by atoms with Crippen LogP contribution in [0.25, 0.3) is 0 Å². The molecule has 1 N–H and O–H groups in total. The molecule has 1 rings (SSSR count). The second-order valence-electron chi connectivity index (χ2n) is 2.74. The maximum Gasteiger partial charge on any atom is 0.0826 e. The Labute approximate surface area is 76.2 Å². The molecule has 12 heavy (non-hydrogen) atoms. The second kappa shape index (κ2) is 4.07. The Bertz CT molecular complexity index is 319. The van der Waals surface area contributed by atoms with Gasteiger partial charge in [-0.15, -0.1) is 6.58 Å². The first kappa shape index (κ1) is 6.44. The summed E-state index contributed by atoms with van der Waals surface area (Å²) < 4.78 is 15.3. The number of rotatable bonds is 3. The molecule has 0 fully saturated rings. The van der Waals surface area contributed by atoms with Crippen molar-refractivity contribution in [2.75, 3.05) is 0 Å². The van der Waals surface area contributed by atoms with E-state index in [0.29, 0.717) is 11.1 Å². The molecule has 1 aromatic rings. The van der Waals surface area contributed by atoms with Crippen molar-refractivity contribution in [3.8, 4) is 0 Å². The molecule has 0 aromatic heterocycles. The van der Waals surface area contributed by atoms with Gasteiger partial charge in [-0.3, -0.25) is 0 Å². The highest BCUT2D eigenvalue weighted by atomic mass is 16.3. The molecule has 1 aromatic carbocycles. The summed E-state index contributed by atoms with van der Waals surface area (Å²) in [5.74, 6) is 0. The van der Waals surface area contributed by atoms with Crippen molar-refractivity contribution in [2.24, 2.45) is 0 Å². The summed E-state index contributed by atoms with van der Waals surface area (Å²) in [5, 5.41) is 9.84. The lowest BCUT2D eigenvalue weighted by Crippen LogP contribution is -1.96. The molecule has 0 amide bonds. The van der Waals surface area contributed by atoms with Crippen LogP contribution in [0, 0.1) is 0 Å². The molecule has 1 heteroatoms. The normalized spacial score (nSPS) is 20.2. The second-order valence-corrected chi connectivity index (χ2v) is 2.74. The highest BCUT2D eigenvalue weighted by molar-refractivity contribution is 5.18. The lowest BCUT2D eigenvalue weighted by atomic mass is 10.0. The first-order valence-corrected chi connectivity index (χ1v) is 3.82. The summed E-state index contributed by atoms with van der Waals surface area (Å²) in [5.41, 5.74) is 0.898. The van der Waals surface area contributed by atoms with Gasteiger partial charge >= 0.3 is 0 Å². The van der Waals surface area contributed by atoms with Crippen LogP contribution in [0.5, 0.6) is 0 Å². The highest BCUT2D eigenvalue weighted by Gasteiger charge is 2.05. The Morgan fingerprint density at radius 3 is 2.75 bits per heavy atom. The van der Waals surface area contributed by atoms with Crippen molar-refractivity contribution in [3.05, 3.63) is 48.0 Å². The van der Waals surface area contributed by atoms with E-state index >= 15 is 0 Å². The molecule has 2 unspecified atom stereocenters. The van der Waals surface area contributed by atoms with Gasteiger partial charge in [-0.1, -0.05) is 35.9 Å². The predicted octanol–water partition coefficient (Wildman–Crippen LogP) is 2.69. The van der Waals surface area contributed by atoms with Gasteiger partial charge in [-0.05, 0) is 18.9 Å². The number of hydrogen-bond acceptors (Lipinski definition) is 1. The van der Waals surface area contributed by atoms with Crippen molar-refractivity contribution in [2.45, 2.75) is 19.4 Å². The molecule has 0 radical (unpaired) electrons. The Morgan fingerprint density at radius 1 is 1.67 bits per heavy atom. The van der Waals surface area contributed by atoms with Gasteiger partial charge in [0.15, 0.2) is 0 Å². The molecule has 0 aliphatic heterocycles. The summed E-state index contributed by atoms with van der Waals surface area (Å²) in [6.45, 7) is 5.22. The van der Waals surface area contributed by atoms with Crippen LogP contribution < -0.4 is 0 Å². The maximum atomic E-state index is 9.84. The minimum Gasteiger partial charge on any atom is -0.388 e. The average Bonchev–Trinajstić information content (AvgIpc) is 2.18. The molecule has 0 spiro atoms. The minimum atomic E-state index is -1.91. The van der Waals surface area contributed by atoms with Crippen molar-refractivity contribution in [1.29, 1.82) is 0 Å². The van der Waals surface area contributed by atoms with Gasteiger partial charge in [0.05, 0.1) is 7.45 Å². The molecule has 0 saturated heterocycles. The molecule has 1 nitrogen and oxygen atoms in total. The zero-order valence-corrected chi connectivity index (χ0v) is 7.12. The van der Waals surface area contributed by atoms with E-state index in [1.165, 1.54) is 0 Å². The monoisotopic (exact) mass is 164 g/mol. The van der Waals surface area contributed by atoms with E-state index in [1.54, 1.807) is 37.3 Å². The van der Waals surface area contributed by atoms with E-state index in [0.717, 1.165) is 0 Å². The van der Waals surface area contributed by atoms with Crippen LogP contribution >= 0.6 is 0 Å². The third-order valence-corrected chi connectivity index (χ3v) is 1.45. The zero-order valence-electron chi connectivity index (χ0n) is 9.12. The van der Waals surface area contributed by atoms with E-state index < -0.39 is 12.5 Å².